The number of hydrogen-bond donors (Lipinski definition) is 0. The molecule has 0 bridgehead atoms. The molecule has 0 spiro atoms. The third-order valence-electron chi connectivity index (χ3n) is 2.47. The summed E-state index contributed by atoms with van der Waals surface area (Å²) in [5, 5.41) is 4.38. The molecule has 1 rings (SSSR count). The average Bonchev–Trinajstić information content (AvgIpc) is 2.47. The Morgan fingerprint density at radius 3 is 2.69 bits per heavy atom. The van der Waals surface area contributed by atoms with E-state index in [1.54, 1.807) is 0 Å². The Hall–Kier alpha value is -0.790. The van der Waals surface area contributed by atoms with Gasteiger partial charge in [-0.2, -0.15) is 5.10 Å². The van der Waals surface area contributed by atoms with Crippen molar-refractivity contribution in [1.29, 1.82) is 0 Å². The van der Waals surface area contributed by atoms with Crippen LogP contribution in [0, 0.1) is 6.92 Å². The molecule has 0 N–H and O–H groups in total. The second-order valence-electron chi connectivity index (χ2n) is 3.56. The highest BCUT2D eigenvalue weighted by molar-refractivity contribution is 5.15. The topological polar surface area (TPSA) is 17.8 Å². The maximum atomic E-state index is 4.38. The summed E-state index contributed by atoms with van der Waals surface area (Å²) in [6, 6.07) is 0. The summed E-state index contributed by atoms with van der Waals surface area (Å²) >= 11 is 0. The molecule has 0 fully saturated rings. The zero-order chi connectivity index (χ0) is 9.68. The molecule has 0 aliphatic heterocycles. The number of aromatic nitrogens is 2. The zero-order valence-corrected chi connectivity index (χ0v) is 9.01. The minimum atomic E-state index is 1.09. The van der Waals surface area contributed by atoms with Gasteiger partial charge >= 0.3 is 0 Å². The monoisotopic (exact) mass is 180 g/mol. The number of aryl methyl sites for hydroxylation is 2. The zero-order valence-electron chi connectivity index (χ0n) is 9.01. The molecule has 1 heterocycles. The van der Waals surface area contributed by atoms with Crippen molar-refractivity contribution in [1.82, 2.24) is 9.78 Å². The van der Waals surface area contributed by atoms with Crippen LogP contribution in [0.5, 0.6) is 0 Å². The van der Waals surface area contributed by atoms with E-state index in [9.17, 15) is 0 Å². The molecule has 13 heavy (non-hydrogen) atoms. The Labute approximate surface area is 81.0 Å². The highest BCUT2D eigenvalue weighted by Gasteiger charge is 2.03. The Kier molecular flexibility index (Phi) is 4.00. The van der Waals surface area contributed by atoms with Gasteiger partial charge in [-0.3, -0.25) is 4.68 Å². The lowest BCUT2D eigenvalue weighted by Crippen LogP contribution is -2.04. The van der Waals surface area contributed by atoms with E-state index in [2.05, 4.69) is 30.6 Å². The molecule has 0 saturated heterocycles. The first-order valence-corrected chi connectivity index (χ1v) is 5.30. The first-order valence-electron chi connectivity index (χ1n) is 5.30. The highest BCUT2D eigenvalue weighted by Crippen LogP contribution is 2.09. The van der Waals surface area contributed by atoms with E-state index < -0.39 is 0 Å². The van der Waals surface area contributed by atoms with Gasteiger partial charge in [-0.15, -0.1) is 0 Å². The normalized spacial score (nSPS) is 10.7. The van der Waals surface area contributed by atoms with Gasteiger partial charge in [0, 0.05) is 12.2 Å². The van der Waals surface area contributed by atoms with Crippen LogP contribution in [0.15, 0.2) is 6.20 Å². The van der Waals surface area contributed by atoms with Crippen LogP contribution >= 0.6 is 0 Å². The predicted molar refractivity (Wildman–Crippen MR) is 55.9 cm³/mol. The first-order chi connectivity index (χ1) is 6.29. The Morgan fingerprint density at radius 2 is 2.08 bits per heavy atom. The quantitative estimate of drug-likeness (QED) is 0.637. The summed E-state index contributed by atoms with van der Waals surface area (Å²) in [5.74, 6) is 0. The third-order valence-corrected chi connectivity index (χ3v) is 2.47. The third kappa shape index (κ3) is 2.58. The molecule has 74 valence electrons. The van der Waals surface area contributed by atoms with Crippen molar-refractivity contribution in [2.75, 3.05) is 0 Å². The second-order valence-corrected chi connectivity index (χ2v) is 3.56. The molecule has 0 aliphatic rings. The van der Waals surface area contributed by atoms with Crippen LogP contribution < -0.4 is 0 Å². The molecule has 0 amide bonds. The van der Waals surface area contributed by atoms with Gasteiger partial charge in [0.25, 0.3) is 0 Å². The summed E-state index contributed by atoms with van der Waals surface area (Å²) in [7, 11) is 0. The lowest BCUT2D eigenvalue weighted by Gasteiger charge is -2.05. The van der Waals surface area contributed by atoms with Crippen LogP contribution in [-0.2, 0) is 13.0 Å². The molecule has 0 radical (unpaired) electrons. The molecule has 0 aromatic carbocycles. The van der Waals surface area contributed by atoms with E-state index in [4.69, 9.17) is 0 Å². The van der Waals surface area contributed by atoms with Gasteiger partial charge in [0.2, 0.25) is 0 Å². The fraction of sp³-hybridized carbons (Fsp3) is 0.727. The van der Waals surface area contributed by atoms with Crippen LogP contribution in [-0.4, -0.2) is 9.78 Å². The van der Waals surface area contributed by atoms with Crippen LogP contribution in [0.2, 0.25) is 0 Å². The molecular formula is C11H20N2. The summed E-state index contributed by atoms with van der Waals surface area (Å²) < 4.78 is 2.16. The van der Waals surface area contributed by atoms with Gasteiger partial charge < -0.3 is 0 Å². The fourth-order valence-corrected chi connectivity index (χ4v) is 1.67. The summed E-state index contributed by atoms with van der Waals surface area (Å²) in [5.41, 5.74) is 2.73. The van der Waals surface area contributed by atoms with Crippen LogP contribution in [0.25, 0.3) is 0 Å². The van der Waals surface area contributed by atoms with Crippen LogP contribution in [0.3, 0.4) is 0 Å². The molecule has 2 nitrogen and oxygen atoms in total. The van der Waals surface area contributed by atoms with E-state index in [-0.39, 0.29) is 0 Å². The van der Waals surface area contributed by atoms with Crippen molar-refractivity contribution in [3.63, 3.8) is 0 Å². The van der Waals surface area contributed by atoms with Gasteiger partial charge in [-0.05, 0) is 25.3 Å². The van der Waals surface area contributed by atoms with Crippen molar-refractivity contribution in [2.24, 2.45) is 0 Å². The van der Waals surface area contributed by atoms with Gasteiger partial charge in [0.05, 0.1) is 6.20 Å². The molecule has 1 aromatic heterocycles. The highest BCUT2D eigenvalue weighted by atomic mass is 15.3. The van der Waals surface area contributed by atoms with Crippen molar-refractivity contribution in [3.8, 4) is 0 Å². The van der Waals surface area contributed by atoms with Crippen LogP contribution in [0.1, 0.15) is 44.4 Å². The van der Waals surface area contributed by atoms with Crippen molar-refractivity contribution in [2.45, 2.75) is 53.0 Å². The Balaban J connectivity index is 2.55. The lowest BCUT2D eigenvalue weighted by molar-refractivity contribution is 0.535. The second kappa shape index (κ2) is 5.05. The van der Waals surface area contributed by atoms with E-state index in [1.165, 1.54) is 30.5 Å². The van der Waals surface area contributed by atoms with Crippen LogP contribution in [0.4, 0.5) is 0 Å². The lowest BCUT2D eigenvalue weighted by atomic mass is 10.2. The minimum Gasteiger partial charge on any atom is -0.269 e. The number of unbranched alkanes of at least 4 members (excludes halogenated alkanes) is 2. The van der Waals surface area contributed by atoms with Gasteiger partial charge in [0.1, 0.15) is 0 Å². The molecule has 0 aliphatic carbocycles. The summed E-state index contributed by atoms with van der Waals surface area (Å²) in [6.07, 6.45) is 6.91. The van der Waals surface area contributed by atoms with E-state index >= 15 is 0 Å². The van der Waals surface area contributed by atoms with Gasteiger partial charge in [0.15, 0.2) is 0 Å². The molecule has 0 atom stereocenters. The maximum absolute atomic E-state index is 4.38. The maximum Gasteiger partial charge on any atom is 0.0521 e. The molecule has 0 unspecified atom stereocenters. The first kappa shape index (κ1) is 10.3. The minimum absolute atomic E-state index is 1.09. The molecule has 2 heteroatoms. The number of rotatable bonds is 5. The van der Waals surface area contributed by atoms with E-state index in [1.807, 2.05) is 6.20 Å². The van der Waals surface area contributed by atoms with E-state index in [0.717, 1.165) is 13.0 Å². The predicted octanol–water partition coefficient (Wildman–Crippen LogP) is 2.94. The molecule has 1 aromatic rings. The largest absolute Gasteiger partial charge is 0.269 e. The molecular weight excluding hydrogens is 160 g/mol. The van der Waals surface area contributed by atoms with Gasteiger partial charge in [-0.25, -0.2) is 0 Å². The fourth-order valence-electron chi connectivity index (χ4n) is 1.67. The van der Waals surface area contributed by atoms with Gasteiger partial charge in [-0.1, -0.05) is 26.7 Å². The van der Waals surface area contributed by atoms with Crippen molar-refractivity contribution < 1.29 is 0 Å². The number of nitrogens with zero attached hydrogens (tertiary/aromatic N) is 2. The van der Waals surface area contributed by atoms with Crippen molar-refractivity contribution in [3.05, 3.63) is 17.5 Å². The summed E-state index contributed by atoms with van der Waals surface area (Å²) in [6.45, 7) is 7.66. The Bertz CT molecular complexity index is 251. The van der Waals surface area contributed by atoms with E-state index in [0.29, 0.717) is 0 Å². The number of hydrogen-bond acceptors (Lipinski definition) is 1. The summed E-state index contributed by atoms with van der Waals surface area (Å²) in [4.78, 5) is 0. The van der Waals surface area contributed by atoms with Crippen molar-refractivity contribution >= 4 is 0 Å². The SMILES string of the molecule is CCCCCn1ncc(C)c1CC. The molecule has 0 saturated carbocycles. The Morgan fingerprint density at radius 1 is 1.31 bits per heavy atom. The standard InChI is InChI=1S/C11H20N2/c1-4-6-7-8-13-11(5-2)10(3)9-12-13/h9H,4-8H2,1-3H3. The smallest absolute Gasteiger partial charge is 0.0521 e. The average molecular weight is 180 g/mol.